The minimum absolute atomic E-state index is 0.00298. The van der Waals surface area contributed by atoms with Crippen LogP contribution in [0.3, 0.4) is 0 Å². The molecule has 4 nitrogen and oxygen atoms in total. The lowest BCUT2D eigenvalue weighted by Gasteiger charge is -2.29. The van der Waals surface area contributed by atoms with E-state index in [0.29, 0.717) is 18.7 Å². The predicted octanol–water partition coefficient (Wildman–Crippen LogP) is 5.44. The van der Waals surface area contributed by atoms with Crippen LogP contribution in [0.15, 0.2) is 42.6 Å². The Morgan fingerprint density at radius 3 is 2.93 bits per heavy atom. The van der Waals surface area contributed by atoms with Crippen LogP contribution in [0.5, 0.6) is 5.75 Å². The molecule has 0 saturated carbocycles. The largest absolute Gasteiger partial charge is 0.493 e. The van der Waals surface area contributed by atoms with E-state index in [1.807, 2.05) is 25.1 Å². The maximum absolute atomic E-state index is 14.6. The molecule has 5 rings (SSSR count). The van der Waals surface area contributed by atoms with Crippen LogP contribution in [0.2, 0.25) is 0 Å². The van der Waals surface area contributed by atoms with E-state index in [4.69, 9.17) is 4.74 Å². The van der Waals surface area contributed by atoms with Gasteiger partial charge in [-0.3, -0.25) is 4.98 Å². The first-order valence-corrected chi connectivity index (χ1v) is 10.1. The maximum Gasteiger partial charge on any atom is 0.165 e. The Balaban J connectivity index is 1.69. The Morgan fingerprint density at radius 1 is 1.14 bits per heavy atom. The molecule has 1 saturated heterocycles. The number of anilines is 2. The van der Waals surface area contributed by atoms with Crippen molar-refractivity contribution in [3.05, 3.63) is 59.8 Å². The second-order valence-corrected chi connectivity index (χ2v) is 7.90. The summed E-state index contributed by atoms with van der Waals surface area (Å²) in [5, 5.41) is 4.07. The quantitative estimate of drug-likeness (QED) is 0.550. The smallest absolute Gasteiger partial charge is 0.165 e. The van der Waals surface area contributed by atoms with Crippen LogP contribution in [0.4, 0.5) is 20.2 Å². The second-order valence-electron chi connectivity index (χ2n) is 7.90. The zero-order valence-electron chi connectivity index (χ0n) is 16.3. The highest BCUT2D eigenvalue weighted by Gasteiger charge is 2.30. The first kappa shape index (κ1) is 18.2. The molecule has 3 heterocycles. The summed E-state index contributed by atoms with van der Waals surface area (Å²) in [5.41, 5.74) is 3.08. The third-order valence-electron chi connectivity index (χ3n) is 5.92. The Morgan fingerprint density at radius 2 is 2.03 bits per heavy atom. The minimum atomic E-state index is -0.361. The highest BCUT2D eigenvalue weighted by molar-refractivity contribution is 5.94. The molecular weight excluding hydrogens is 372 g/mol. The minimum Gasteiger partial charge on any atom is -0.493 e. The van der Waals surface area contributed by atoms with E-state index >= 15 is 0 Å². The third kappa shape index (κ3) is 3.26. The van der Waals surface area contributed by atoms with Crippen molar-refractivity contribution in [2.45, 2.75) is 38.3 Å². The first-order chi connectivity index (χ1) is 14.1. The number of aromatic nitrogens is 1. The number of halogens is 2. The van der Waals surface area contributed by atoms with Crippen molar-refractivity contribution in [2.24, 2.45) is 0 Å². The van der Waals surface area contributed by atoms with Crippen molar-refractivity contribution in [3.63, 3.8) is 0 Å². The maximum atomic E-state index is 14.6. The van der Waals surface area contributed by atoms with Crippen LogP contribution < -0.4 is 15.0 Å². The van der Waals surface area contributed by atoms with Gasteiger partial charge in [-0.2, -0.15) is 0 Å². The summed E-state index contributed by atoms with van der Waals surface area (Å²) in [4.78, 5) is 6.51. The standard InChI is InChI=1S/C23H23F2N3O/c1-14-8-10-29-22-7-4-15(24)11-18(22)21-3-2-9-28(21)16-5-6-20-17(12-16)23(27-14)19(25)13-26-20/h4-7,11-14,21,27H,2-3,8-10H2,1H3/t14-,21-/m1/s1. The molecule has 6 heteroatoms. The van der Waals surface area contributed by atoms with Crippen LogP contribution in [0.25, 0.3) is 10.9 Å². The van der Waals surface area contributed by atoms with Crippen molar-refractivity contribution in [1.29, 1.82) is 0 Å². The summed E-state index contributed by atoms with van der Waals surface area (Å²) < 4.78 is 34.8. The van der Waals surface area contributed by atoms with Crippen LogP contribution >= 0.6 is 0 Å². The lowest BCUT2D eigenvalue weighted by atomic mass is 10.0. The number of rotatable bonds is 0. The molecule has 0 spiro atoms. The number of nitrogens with one attached hydrogen (secondary N) is 1. The van der Waals surface area contributed by atoms with Gasteiger partial charge in [-0.25, -0.2) is 8.78 Å². The number of ether oxygens (including phenoxy) is 1. The molecule has 2 atom stereocenters. The zero-order chi connectivity index (χ0) is 20.0. The molecule has 0 amide bonds. The number of benzene rings is 2. The molecule has 1 aromatic heterocycles. The molecule has 1 N–H and O–H groups in total. The van der Waals surface area contributed by atoms with Gasteiger partial charge >= 0.3 is 0 Å². The van der Waals surface area contributed by atoms with Gasteiger partial charge in [0.15, 0.2) is 5.82 Å². The molecule has 150 valence electrons. The molecular formula is C23H23F2N3O. The lowest BCUT2D eigenvalue weighted by Crippen LogP contribution is -2.23. The summed E-state index contributed by atoms with van der Waals surface area (Å²) in [7, 11) is 0. The van der Waals surface area contributed by atoms with Gasteiger partial charge in [0.25, 0.3) is 0 Å². The fourth-order valence-electron chi connectivity index (χ4n) is 4.46. The van der Waals surface area contributed by atoms with Crippen molar-refractivity contribution in [2.75, 3.05) is 23.4 Å². The van der Waals surface area contributed by atoms with Gasteiger partial charge in [0.05, 0.1) is 30.0 Å². The number of fused-ring (bicyclic) bond motifs is 5. The highest BCUT2D eigenvalue weighted by atomic mass is 19.1. The molecule has 1 fully saturated rings. The predicted molar refractivity (Wildman–Crippen MR) is 111 cm³/mol. The topological polar surface area (TPSA) is 37.4 Å². The first-order valence-electron chi connectivity index (χ1n) is 10.1. The Kier molecular flexibility index (Phi) is 4.49. The number of hydrogen-bond acceptors (Lipinski definition) is 4. The summed E-state index contributed by atoms with van der Waals surface area (Å²) in [6, 6.07) is 10.7. The molecule has 2 aliphatic rings. The van der Waals surface area contributed by atoms with Gasteiger partial charge in [-0.05, 0) is 56.2 Å². The molecule has 3 aromatic rings. The van der Waals surface area contributed by atoms with E-state index in [9.17, 15) is 8.78 Å². The molecule has 2 bridgehead atoms. The monoisotopic (exact) mass is 395 g/mol. The normalized spacial score (nSPS) is 21.4. The van der Waals surface area contributed by atoms with Gasteiger partial charge in [-0.1, -0.05) is 0 Å². The van der Waals surface area contributed by atoms with Crippen LogP contribution in [0, 0.1) is 11.6 Å². The SMILES string of the molecule is C[C@@H]1CCOc2ccc(F)cc2[C@H]2CCCN2c2ccc3ncc(F)c(c3c2)N1. The van der Waals surface area contributed by atoms with Crippen molar-refractivity contribution in [3.8, 4) is 5.75 Å². The van der Waals surface area contributed by atoms with Crippen LogP contribution in [-0.4, -0.2) is 24.2 Å². The van der Waals surface area contributed by atoms with Gasteiger partial charge in [0.1, 0.15) is 11.6 Å². The summed E-state index contributed by atoms with van der Waals surface area (Å²) >= 11 is 0. The zero-order valence-corrected chi connectivity index (χ0v) is 16.3. The Hall–Kier alpha value is -2.89. The molecule has 0 unspecified atom stereocenters. The van der Waals surface area contributed by atoms with Gasteiger partial charge in [0, 0.05) is 35.6 Å². The summed E-state index contributed by atoms with van der Waals surface area (Å²) in [6.07, 6.45) is 3.88. The van der Waals surface area contributed by atoms with Gasteiger partial charge in [-0.15, -0.1) is 0 Å². The van der Waals surface area contributed by atoms with E-state index in [1.165, 1.54) is 12.3 Å². The average molecular weight is 395 g/mol. The molecule has 0 radical (unpaired) electrons. The van der Waals surface area contributed by atoms with Crippen LogP contribution in [0.1, 0.15) is 37.8 Å². The van der Waals surface area contributed by atoms with Crippen LogP contribution in [-0.2, 0) is 0 Å². The fraction of sp³-hybridized carbons (Fsp3) is 0.348. The van der Waals surface area contributed by atoms with E-state index < -0.39 is 0 Å². The van der Waals surface area contributed by atoms with Gasteiger partial charge in [0.2, 0.25) is 0 Å². The average Bonchev–Trinajstić information content (AvgIpc) is 3.20. The Labute approximate surface area is 168 Å². The van der Waals surface area contributed by atoms with Crippen molar-refractivity contribution < 1.29 is 13.5 Å². The number of hydrogen-bond donors (Lipinski definition) is 1. The van der Waals surface area contributed by atoms with Crippen molar-refractivity contribution >= 4 is 22.3 Å². The molecule has 2 aliphatic heterocycles. The molecule has 0 aliphatic carbocycles. The third-order valence-corrected chi connectivity index (χ3v) is 5.92. The van der Waals surface area contributed by atoms with Crippen molar-refractivity contribution in [1.82, 2.24) is 4.98 Å². The van der Waals surface area contributed by atoms with E-state index in [1.54, 1.807) is 12.1 Å². The Bertz CT molecular complexity index is 1070. The highest BCUT2D eigenvalue weighted by Crippen LogP contribution is 2.42. The second kappa shape index (κ2) is 7.17. The molecule has 29 heavy (non-hydrogen) atoms. The fourth-order valence-corrected chi connectivity index (χ4v) is 4.46. The van der Waals surface area contributed by atoms with Gasteiger partial charge < -0.3 is 15.0 Å². The summed E-state index contributed by atoms with van der Waals surface area (Å²) in [6.45, 7) is 3.32. The lowest BCUT2D eigenvalue weighted by molar-refractivity contribution is 0.299. The van der Waals surface area contributed by atoms with E-state index in [-0.39, 0.29) is 23.7 Å². The number of pyridine rings is 1. The molecule has 2 aromatic carbocycles. The summed E-state index contributed by atoms with van der Waals surface area (Å²) in [5.74, 6) is 0.104. The van der Waals surface area contributed by atoms with E-state index in [0.717, 1.165) is 47.3 Å². The number of nitrogens with zero attached hydrogens (tertiary/aromatic N) is 2. The van der Waals surface area contributed by atoms with E-state index in [2.05, 4.69) is 15.2 Å².